The zero-order valence-corrected chi connectivity index (χ0v) is 9.49. The maximum atomic E-state index is 11.3. The Balaban J connectivity index is 2.34. The van der Waals surface area contributed by atoms with E-state index in [-0.39, 0.29) is 5.76 Å². The number of amides is 2. The van der Waals surface area contributed by atoms with Crippen molar-refractivity contribution in [3.05, 3.63) is 23.7 Å². The second-order valence-electron chi connectivity index (χ2n) is 3.23. The standard InChI is InChI=1S/C10H15N3O4/c1-16-9(14)8-7(2-5-17-8)6-12-3-4-13-10(11)15/h2,5,12H,3-4,6H2,1H3,(H3,11,13,15). The van der Waals surface area contributed by atoms with Gasteiger partial charge in [-0.05, 0) is 6.07 Å². The number of carbonyl (C=O) groups excluding carboxylic acids is 2. The predicted molar refractivity (Wildman–Crippen MR) is 59.3 cm³/mol. The summed E-state index contributed by atoms with van der Waals surface area (Å²) in [6.07, 6.45) is 1.42. The normalized spacial score (nSPS) is 9.94. The molecule has 1 aromatic rings. The van der Waals surface area contributed by atoms with Gasteiger partial charge in [-0.1, -0.05) is 0 Å². The van der Waals surface area contributed by atoms with E-state index in [0.29, 0.717) is 25.2 Å². The van der Waals surface area contributed by atoms with E-state index in [9.17, 15) is 9.59 Å². The molecule has 0 unspecified atom stereocenters. The van der Waals surface area contributed by atoms with Crippen LogP contribution in [-0.2, 0) is 11.3 Å². The first kappa shape index (κ1) is 13.0. The van der Waals surface area contributed by atoms with Crippen molar-refractivity contribution in [1.29, 1.82) is 0 Å². The van der Waals surface area contributed by atoms with Crippen molar-refractivity contribution in [3.63, 3.8) is 0 Å². The molecule has 1 rings (SSSR count). The highest BCUT2D eigenvalue weighted by molar-refractivity contribution is 5.87. The average molecular weight is 241 g/mol. The van der Waals surface area contributed by atoms with E-state index in [1.54, 1.807) is 6.07 Å². The largest absolute Gasteiger partial charge is 0.463 e. The van der Waals surface area contributed by atoms with Crippen molar-refractivity contribution in [2.45, 2.75) is 6.54 Å². The summed E-state index contributed by atoms with van der Waals surface area (Å²) < 4.78 is 9.57. The molecule has 17 heavy (non-hydrogen) atoms. The minimum atomic E-state index is -0.564. The number of ether oxygens (including phenoxy) is 1. The second-order valence-corrected chi connectivity index (χ2v) is 3.23. The van der Waals surface area contributed by atoms with Gasteiger partial charge >= 0.3 is 12.0 Å². The van der Waals surface area contributed by atoms with Gasteiger partial charge in [-0.15, -0.1) is 0 Å². The van der Waals surface area contributed by atoms with Gasteiger partial charge in [0.05, 0.1) is 13.4 Å². The van der Waals surface area contributed by atoms with E-state index in [1.807, 2.05) is 0 Å². The molecule has 0 bridgehead atoms. The second kappa shape index (κ2) is 6.54. The van der Waals surface area contributed by atoms with Crippen molar-refractivity contribution in [1.82, 2.24) is 10.6 Å². The monoisotopic (exact) mass is 241 g/mol. The summed E-state index contributed by atoms with van der Waals surface area (Å²) in [5, 5.41) is 5.46. The first-order chi connectivity index (χ1) is 8.15. The highest BCUT2D eigenvalue weighted by atomic mass is 16.5. The van der Waals surface area contributed by atoms with Crippen molar-refractivity contribution in [3.8, 4) is 0 Å². The quantitative estimate of drug-likeness (QED) is 0.473. The molecule has 0 aliphatic carbocycles. The van der Waals surface area contributed by atoms with Crippen LogP contribution in [0.1, 0.15) is 16.1 Å². The molecular weight excluding hydrogens is 226 g/mol. The van der Waals surface area contributed by atoms with Gasteiger partial charge in [-0.2, -0.15) is 0 Å². The van der Waals surface area contributed by atoms with Gasteiger partial charge in [0, 0.05) is 25.2 Å². The first-order valence-electron chi connectivity index (χ1n) is 5.04. The van der Waals surface area contributed by atoms with Crippen LogP contribution in [0.15, 0.2) is 16.7 Å². The van der Waals surface area contributed by atoms with Crippen molar-refractivity contribution in [2.75, 3.05) is 20.2 Å². The molecule has 0 atom stereocenters. The minimum absolute atomic E-state index is 0.183. The molecule has 0 aliphatic rings. The summed E-state index contributed by atoms with van der Waals surface area (Å²) in [4.78, 5) is 21.6. The van der Waals surface area contributed by atoms with Crippen LogP contribution in [0.3, 0.4) is 0 Å². The fourth-order valence-electron chi connectivity index (χ4n) is 1.24. The third-order valence-corrected chi connectivity index (χ3v) is 2.03. The summed E-state index contributed by atoms with van der Waals surface area (Å²) in [7, 11) is 1.29. The van der Waals surface area contributed by atoms with E-state index in [2.05, 4.69) is 15.4 Å². The van der Waals surface area contributed by atoms with Crippen LogP contribution in [0.2, 0.25) is 0 Å². The number of nitrogens with two attached hydrogens (primary N) is 1. The smallest absolute Gasteiger partial charge is 0.374 e. The van der Waals surface area contributed by atoms with E-state index in [0.717, 1.165) is 0 Å². The van der Waals surface area contributed by atoms with Gasteiger partial charge in [-0.25, -0.2) is 9.59 Å². The molecule has 0 aromatic carbocycles. The Labute approximate surface area is 98.3 Å². The Hall–Kier alpha value is -2.02. The van der Waals surface area contributed by atoms with E-state index in [4.69, 9.17) is 10.2 Å². The molecule has 0 aliphatic heterocycles. The molecule has 7 heteroatoms. The number of methoxy groups -OCH3 is 1. The van der Waals surface area contributed by atoms with Crippen LogP contribution in [0.4, 0.5) is 4.79 Å². The number of urea groups is 1. The number of hydrogen-bond acceptors (Lipinski definition) is 5. The number of primary amides is 1. The van der Waals surface area contributed by atoms with Crippen molar-refractivity contribution in [2.24, 2.45) is 5.73 Å². The fourth-order valence-corrected chi connectivity index (χ4v) is 1.24. The van der Waals surface area contributed by atoms with E-state index < -0.39 is 12.0 Å². The van der Waals surface area contributed by atoms with Gasteiger partial charge < -0.3 is 25.5 Å². The molecule has 4 N–H and O–H groups in total. The SMILES string of the molecule is COC(=O)c1occc1CNCCNC(N)=O. The highest BCUT2D eigenvalue weighted by Crippen LogP contribution is 2.11. The molecule has 0 radical (unpaired) electrons. The Morgan fingerprint density at radius 3 is 2.88 bits per heavy atom. The summed E-state index contributed by atoms with van der Waals surface area (Å²) in [6, 6.07) is 1.12. The third kappa shape index (κ3) is 4.15. The Kier molecular flexibility index (Phi) is 5.02. The molecule has 0 saturated carbocycles. The summed E-state index contributed by atoms with van der Waals surface area (Å²) in [5.41, 5.74) is 5.60. The maximum absolute atomic E-state index is 11.3. The van der Waals surface area contributed by atoms with Crippen molar-refractivity contribution < 1.29 is 18.7 Å². The number of esters is 1. The molecule has 1 heterocycles. The summed E-state index contributed by atoms with van der Waals surface area (Å²) in [6.45, 7) is 1.40. The van der Waals surface area contributed by atoms with Crippen LogP contribution in [-0.4, -0.2) is 32.2 Å². The Bertz CT molecular complexity index is 389. The molecule has 0 spiro atoms. The lowest BCUT2D eigenvalue weighted by molar-refractivity contribution is 0.0563. The van der Waals surface area contributed by atoms with Gasteiger partial charge in [0.25, 0.3) is 0 Å². The lowest BCUT2D eigenvalue weighted by atomic mass is 10.2. The topological polar surface area (TPSA) is 107 Å². The van der Waals surface area contributed by atoms with Gasteiger partial charge in [-0.3, -0.25) is 0 Å². The Morgan fingerprint density at radius 2 is 2.24 bits per heavy atom. The van der Waals surface area contributed by atoms with Gasteiger partial charge in [0.1, 0.15) is 0 Å². The summed E-state index contributed by atoms with van der Waals surface area (Å²) in [5.74, 6) is -0.329. The first-order valence-corrected chi connectivity index (χ1v) is 5.04. The number of furan rings is 1. The predicted octanol–water partition coefficient (Wildman–Crippen LogP) is -0.176. The zero-order chi connectivity index (χ0) is 12.7. The minimum Gasteiger partial charge on any atom is -0.463 e. The number of nitrogens with one attached hydrogen (secondary N) is 2. The summed E-state index contributed by atoms with van der Waals surface area (Å²) >= 11 is 0. The van der Waals surface area contributed by atoms with Crippen LogP contribution >= 0.6 is 0 Å². The molecule has 2 amide bonds. The molecule has 1 aromatic heterocycles. The number of hydrogen-bond donors (Lipinski definition) is 3. The van der Waals surface area contributed by atoms with Crippen molar-refractivity contribution >= 4 is 12.0 Å². The molecule has 0 fully saturated rings. The maximum Gasteiger partial charge on any atom is 0.374 e. The fraction of sp³-hybridized carbons (Fsp3) is 0.400. The molecule has 0 saturated heterocycles. The van der Waals surface area contributed by atoms with Crippen LogP contribution in [0, 0.1) is 0 Å². The molecule has 7 nitrogen and oxygen atoms in total. The van der Waals surface area contributed by atoms with Gasteiger partial charge in [0.15, 0.2) is 0 Å². The average Bonchev–Trinajstić information content (AvgIpc) is 2.75. The zero-order valence-electron chi connectivity index (χ0n) is 9.49. The van der Waals surface area contributed by atoms with E-state index >= 15 is 0 Å². The lowest BCUT2D eigenvalue weighted by Gasteiger charge is -2.04. The number of carbonyl (C=O) groups is 2. The molecular formula is C10H15N3O4. The van der Waals surface area contributed by atoms with Crippen LogP contribution in [0.5, 0.6) is 0 Å². The highest BCUT2D eigenvalue weighted by Gasteiger charge is 2.14. The molecule has 94 valence electrons. The number of rotatable bonds is 6. The third-order valence-electron chi connectivity index (χ3n) is 2.03. The Morgan fingerprint density at radius 1 is 1.47 bits per heavy atom. The van der Waals surface area contributed by atoms with Gasteiger partial charge in [0.2, 0.25) is 5.76 Å². The van der Waals surface area contributed by atoms with Crippen LogP contribution in [0.25, 0.3) is 0 Å². The van der Waals surface area contributed by atoms with Crippen LogP contribution < -0.4 is 16.4 Å². The van der Waals surface area contributed by atoms with E-state index in [1.165, 1.54) is 13.4 Å². The lowest BCUT2D eigenvalue weighted by Crippen LogP contribution is -2.35.